The van der Waals surface area contributed by atoms with E-state index in [0.717, 1.165) is 29.3 Å². The SMILES string of the molecule is Br.C=CC(C)C1CCCC([C@@H](O)c2ccnc3ccccc23)C1.CN. The van der Waals surface area contributed by atoms with Crippen LogP contribution < -0.4 is 5.73 Å². The first-order valence-corrected chi connectivity index (χ1v) is 8.92. The van der Waals surface area contributed by atoms with E-state index in [4.69, 9.17) is 0 Å². The van der Waals surface area contributed by atoms with Crippen molar-refractivity contribution in [1.29, 1.82) is 0 Å². The molecule has 3 nitrogen and oxygen atoms in total. The fraction of sp³-hybridized carbons (Fsp3) is 0.476. The van der Waals surface area contributed by atoms with Crippen molar-refractivity contribution >= 4 is 27.9 Å². The normalized spacial score (nSPS) is 22.1. The minimum atomic E-state index is -0.396. The predicted molar refractivity (Wildman–Crippen MR) is 112 cm³/mol. The van der Waals surface area contributed by atoms with Crippen LogP contribution in [0.1, 0.15) is 44.3 Å². The fourth-order valence-electron chi connectivity index (χ4n) is 3.85. The summed E-state index contributed by atoms with van der Waals surface area (Å²) >= 11 is 0. The van der Waals surface area contributed by atoms with Crippen LogP contribution in [0.2, 0.25) is 0 Å². The minimum absolute atomic E-state index is 0. The highest BCUT2D eigenvalue weighted by atomic mass is 79.9. The highest BCUT2D eigenvalue weighted by Crippen LogP contribution is 2.41. The van der Waals surface area contributed by atoms with Gasteiger partial charge in [-0.2, -0.15) is 0 Å². The average molecular weight is 407 g/mol. The zero-order chi connectivity index (χ0) is 17.5. The summed E-state index contributed by atoms with van der Waals surface area (Å²) in [6.07, 6.45) is 8.13. The maximum absolute atomic E-state index is 11.0. The van der Waals surface area contributed by atoms with E-state index in [1.54, 1.807) is 0 Å². The first kappa shape index (κ1) is 21.8. The molecule has 4 atom stereocenters. The predicted octanol–water partition coefficient (Wildman–Crippen LogP) is 5.05. The van der Waals surface area contributed by atoms with Crippen molar-refractivity contribution in [1.82, 2.24) is 4.98 Å². The van der Waals surface area contributed by atoms with Crippen molar-refractivity contribution in [3.63, 3.8) is 0 Å². The van der Waals surface area contributed by atoms with Gasteiger partial charge in [-0.3, -0.25) is 4.98 Å². The molecule has 25 heavy (non-hydrogen) atoms. The number of allylic oxidation sites excluding steroid dienone is 1. The van der Waals surface area contributed by atoms with Crippen molar-refractivity contribution in [2.24, 2.45) is 23.5 Å². The highest BCUT2D eigenvalue weighted by molar-refractivity contribution is 8.93. The summed E-state index contributed by atoms with van der Waals surface area (Å²) in [6.45, 7) is 6.18. The van der Waals surface area contributed by atoms with Crippen LogP contribution in [0.25, 0.3) is 10.9 Å². The Morgan fingerprint density at radius 2 is 1.88 bits per heavy atom. The third kappa shape index (κ3) is 5.13. The third-order valence-electron chi connectivity index (χ3n) is 5.32. The van der Waals surface area contributed by atoms with Gasteiger partial charge in [0, 0.05) is 11.6 Å². The molecule has 1 heterocycles. The zero-order valence-corrected chi connectivity index (χ0v) is 17.0. The van der Waals surface area contributed by atoms with Gasteiger partial charge >= 0.3 is 0 Å². The number of hydrogen-bond acceptors (Lipinski definition) is 3. The summed E-state index contributed by atoms with van der Waals surface area (Å²) in [5.74, 6) is 1.52. The maximum atomic E-state index is 11.0. The van der Waals surface area contributed by atoms with Gasteiger partial charge in [-0.1, -0.05) is 37.6 Å². The van der Waals surface area contributed by atoms with Gasteiger partial charge in [0.25, 0.3) is 0 Å². The summed E-state index contributed by atoms with van der Waals surface area (Å²) in [5, 5.41) is 12.0. The molecule has 3 rings (SSSR count). The number of nitrogens with zero attached hydrogens (tertiary/aromatic N) is 1. The monoisotopic (exact) mass is 406 g/mol. The van der Waals surface area contributed by atoms with Crippen LogP contribution in [0.5, 0.6) is 0 Å². The first-order valence-electron chi connectivity index (χ1n) is 8.92. The van der Waals surface area contributed by atoms with E-state index in [-0.39, 0.29) is 17.0 Å². The van der Waals surface area contributed by atoms with E-state index in [1.165, 1.54) is 19.9 Å². The van der Waals surface area contributed by atoms with E-state index >= 15 is 0 Å². The molecule has 1 aliphatic rings. The largest absolute Gasteiger partial charge is 0.388 e. The number of hydrogen-bond donors (Lipinski definition) is 2. The molecule has 1 aromatic heterocycles. The molecule has 1 aliphatic carbocycles. The van der Waals surface area contributed by atoms with Crippen molar-refractivity contribution < 1.29 is 5.11 Å². The lowest BCUT2D eigenvalue weighted by Gasteiger charge is -2.34. The van der Waals surface area contributed by atoms with Gasteiger partial charge in [-0.25, -0.2) is 0 Å². The minimum Gasteiger partial charge on any atom is -0.388 e. The molecule has 138 valence electrons. The van der Waals surface area contributed by atoms with Crippen LogP contribution in [0.15, 0.2) is 49.2 Å². The Bertz CT molecular complexity index is 656. The molecule has 0 saturated heterocycles. The molecule has 3 unspecified atom stereocenters. The van der Waals surface area contributed by atoms with Gasteiger partial charge in [0.05, 0.1) is 11.6 Å². The smallest absolute Gasteiger partial charge is 0.0825 e. The molecule has 0 aliphatic heterocycles. The topological polar surface area (TPSA) is 59.1 Å². The second-order valence-corrected chi connectivity index (χ2v) is 6.64. The molecular formula is C21H31BrN2O. The molecule has 4 heteroatoms. The molecule has 0 radical (unpaired) electrons. The maximum Gasteiger partial charge on any atom is 0.0825 e. The van der Waals surface area contributed by atoms with Crippen LogP contribution >= 0.6 is 17.0 Å². The third-order valence-corrected chi connectivity index (χ3v) is 5.32. The summed E-state index contributed by atoms with van der Waals surface area (Å²) in [4.78, 5) is 4.40. The molecule has 1 fully saturated rings. The van der Waals surface area contributed by atoms with Crippen LogP contribution in [-0.4, -0.2) is 17.1 Å². The molecule has 3 N–H and O–H groups in total. The molecule has 1 saturated carbocycles. The van der Waals surface area contributed by atoms with Gasteiger partial charge in [0.15, 0.2) is 0 Å². The van der Waals surface area contributed by atoms with Crippen molar-refractivity contribution in [2.75, 3.05) is 7.05 Å². The molecule has 0 amide bonds. The van der Waals surface area contributed by atoms with Gasteiger partial charge in [-0.15, -0.1) is 23.6 Å². The van der Waals surface area contributed by atoms with Crippen molar-refractivity contribution in [3.05, 3.63) is 54.7 Å². The van der Waals surface area contributed by atoms with Crippen LogP contribution in [-0.2, 0) is 0 Å². The van der Waals surface area contributed by atoms with Gasteiger partial charge < -0.3 is 10.8 Å². The lowest BCUT2D eigenvalue weighted by Crippen LogP contribution is -2.24. The number of fused-ring (bicyclic) bond motifs is 1. The van der Waals surface area contributed by atoms with Crippen LogP contribution in [0, 0.1) is 17.8 Å². The number of aliphatic hydroxyl groups excluding tert-OH is 1. The number of halogens is 1. The van der Waals surface area contributed by atoms with Gasteiger partial charge in [-0.05, 0) is 61.8 Å². The molecular weight excluding hydrogens is 376 g/mol. The number of rotatable bonds is 4. The average Bonchev–Trinajstić information content (AvgIpc) is 2.68. The van der Waals surface area contributed by atoms with Gasteiger partial charge in [0.2, 0.25) is 0 Å². The number of aliphatic hydroxyl groups is 1. The fourth-order valence-corrected chi connectivity index (χ4v) is 3.85. The van der Waals surface area contributed by atoms with E-state index in [2.05, 4.69) is 36.4 Å². The Labute approximate surface area is 162 Å². The molecule has 0 spiro atoms. The number of pyridine rings is 1. The zero-order valence-electron chi connectivity index (χ0n) is 15.3. The van der Waals surface area contributed by atoms with E-state index < -0.39 is 6.10 Å². The lowest BCUT2D eigenvalue weighted by atomic mass is 9.72. The second-order valence-electron chi connectivity index (χ2n) is 6.64. The number of aromatic nitrogens is 1. The Morgan fingerprint density at radius 1 is 1.20 bits per heavy atom. The number of nitrogens with two attached hydrogens (primary N) is 1. The Hall–Kier alpha value is -1.23. The molecule has 0 bridgehead atoms. The van der Waals surface area contributed by atoms with E-state index in [1.807, 2.05) is 30.5 Å². The number of benzene rings is 1. The molecule has 1 aromatic carbocycles. The summed E-state index contributed by atoms with van der Waals surface area (Å²) < 4.78 is 0. The molecule has 2 aromatic rings. The number of para-hydroxylation sites is 1. The van der Waals surface area contributed by atoms with E-state index in [0.29, 0.717) is 17.8 Å². The summed E-state index contributed by atoms with van der Waals surface area (Å²) in [5.41, 5.74) is 6.49. The van der Waals surface area contributed by atoms with Crippen LogP contribution in [0.4, 0.5) is 0 Å². The Balaban J connectivity index is 0.00000101. The second kappa shape index (κ2) is 10.7. The quantitative estimate of drug-likeness (QED) is 0.698. The van der Waals surface area contributed by atoms with Crippen molar-refractivity contribution in [3.8, 4) is 0 Å². The van der Waals surface area contributed by atoms with Crippen LogP contribution in [0.3, 0.4) is 0 Å². The summed E-state index contributed by atoms with van der Waals surface area (Å²) in [7, 11) is 1.50. The van der Waals surface area contributed by atoms with Gasteiger partial charge in [0.1, 0.15) is 0 Å². The first-order chi connectivity index (χ1) is 11.7. The summed E-state index contributed by atoms with van der Waals surface area (Å²) in [6, 6.07) is 10.1. The van der Waals surface area contributed by atoms with E-state index in [9.17, 15) is 5.11 Å². The van der Waals surface area contributed by atoms with Crippen molar-refractivity contribution in [2.45, 2.75) is 38.7 Å². The Morgan fingerprint density at radius 3 is 2.60 bits per heavy atom. The highest BCUT2D eigenvalue weighted by Gasteiger charge is 2.30. The standard InChI is InChI=1S/C20H25NO.CH5N.BrH/c1-3-14(2)15-7-6-8-16(13-15)20(22)18-11-12-21-19-10-5-4-9-17(18)19;1-2;/h3-5,9-12,14-16,20,22H,1,6-8,13H2,2H3;2H2,1H3;1H/t14?,15?,16?,20-;;/m1../s1. The Kier molecular flexibility index (Phi) is 9.33. The lowest BCUT2D eigenvalue weighted by molar-refractivity contribution is 0.0630.